The van der Waals surface area contributed by atoms with Crippen molar-refractivity contribution in [2.75, 3.05) is 0 Å². The number of rotatable bonds is 5. The first-order valence-electron chi connectivity index (χ1n) is 5.74. The highest BCUT2D eigenvalue weighted by atomic mass is 14.1. The maximum atomic E-state index is 2.36. The Kier molecular flexibility index (Phi) is 4.72. The van der Waals surface area contributed by atoms with E-state index in [-0.39, 0.29) is 0 Å². The van der Waals surface area contributed by atoms with Crippen molar-refractivity contribution < 1.29 is 0 Å². The molecule has 0 spiro atoms. The van der Waals surface area contributed by atoms with Crippen LogP contribution in [0.4, 0.5) is 0 Å². The van der Waals surface area contributed by atoms with Gasteiger partial charge in [-0.2, -0.15) is 0 Å². The number of hydrogen-bond acceptors (Lipinski definition) is 0. The van der Waals surface area contributed by atoms with Crippen LogP contribution in [0.15, 0.2) is 30.3 Å². The number of hydrogen-bond donors (Lipinski definition) is 0. The lowest BCUT2D eigenvalue weighted by Crippen LogP contribution is -2.03. The van der Waals surface area contributed by atoms with Gasteiger partial charge in [-0.15, -0.1) is 0 Å². The van der Waals surface area contributed by atoms with Gasteiger partial charge in [0.2, 0.25) is 0 Å². The van der Waals surface area contributed by atoms with Gasteiger partial charge in [0.25, 0.3) is 0 Å². The molecule has 0 heteroatoms. The average Bonchev–Trinajstić information content (AvgIpc) is 2.19. The van der Waals surface area contributed by atoms with E-state index in [0.717, 1.165) is 11.8 Å². The molecule has 1 aromatic rings. The fourth-order valence-electron chi connectivity index (χ4n) is 1.61. The fraction of sp³-hybridized carbons (Fsp3) is 0.571. The molecule has 0 bridgehead atoms. The maximum absolute atomic E-state index is 2.36. The van der Waals surface area contributed by atoms with Gasteiger partial charge in [-0.1, -0.05) is 57.5 Å². The zero-order valence-electron chi connectivity index (χ0n) is 9.66. The van der Waals surface area contributed by atoms with Gasteiger partial charge in [0, 0.05) is 0 Å². The van der Waals surface area contributed by atoms with Crippen molar-refractivity contribution in [3.8, 4) is 0 Å². The lowest BCUT2D eigenvalue weighted by molar-refractivity contribution is 0.382. The van der Waals surface area contributed by atoms with Gasteiger partial charge in [-0.3, -0.25) is 0 Å². The summed E-state index contributed by atoms with van der Waals surface area (Å²) in [6.07, 6.45) is 3.91. The predicted molar refractivity (Wildman–Crippen MR) is 63.4 cm³/mol. The normalized spacial score (nSPS) is 13.1. The minimum Gasteiger partial charge on any atom is -0.0625 e. The molecule has 0 aromatic heterocycles. The highest BCUT2D eigenvalue weighted by Gasteiger charge is 2.05. The average molecular weight is 190 g/mol. The molecule has 1 unspecified atom stereocenters. The summed E-state index contributed by atoms with van der Waals surface area (Å²) in [7, 11) is 0. The van der Waals surface area contributed by atoms with Crippen molar-refractivity contribution in [1.29, 1.82) is 0 Å². The molecule has 0 saturated heterocycles. The Morgan fingerprint density at radius 1 is 1.00 bits per heavy atom. The summed E-state index contributed by atoms with van der Waals surface area (Å²) in [6, 6.07) is 10.8. The molecule has 0 N–H and O–H groups in total. The first kappa shape index (κ1) is 11.3. The van der Waals surface area contributed by atoms with E-state index in [4.69, 9.17) is 0 Å². The van der Waals surface area contributed by atoms with Gasteiger partial charge < -0.3 is 0 Å². The van der Waals surface area contributed by atoms with Crippen LogP contribution in [-0.2, 0) is 6.42 Å². The van der Waals surface area contributed by atoms with E-state index in [0.29, 0.717) is 0 Å². The topological polar surface area (TPSA) is 0 Å². The Labute approximate surface area is 88.4 Å². The molecule has 0 aliphatic rings. The zero-order valence-corrected chi connectivity index (χ0v) is 9.66. The first-order valence-corrected chi connectivity index (χ1v) is 5.74. The highest BCUT2D eigenvalue weighted by Crippen LogP contribution is 2.17. The number of benzene rings is 1. The van der Waals surface area contributed by atoms with Crippen LogP contribution in [0.2, 0.25) is 0 Å². The van der Waals surface area contributed by atoms with Gasteiger partial charge in [0.1, 0.15) is 0 Å². The quantitative estimate of drug-likeness (QED) is 0.649. The molecule has 1 aromatic carbocycles. The second kappa shape index (κ2) is 5.85. The molecule has 14 heavy (non-hydrogen) atoms. The maximum Gasteiger partial charge on any atom is -0.0279 e. The van der Waals surface area contributed by atoms with E-state index in [2.05, 4.69) is 51.1 Å². The van der Waals surface area contributed by atoms with Gasteiger partial charge in [0.05, 0.1) is 0 Å². The Balaban J connectivity index is 2.22. The first-order chi connectivity index (χ1) is 6.70. The summed E-state index contributed by atoms with van der Waals surface area (Å²) >= 11 is 0. The molecule has 0 heterocycles. The molecular formula is C14H22. The van der Waals surface area contributed by atoms with E-state index in [1.807, 2.05) is 0 Å². The minimum absolute atomic E-state index is 0.825. The molecule has 0 aliphatic carbocycles. The molecule has 0 fully saturated rings. The van der Waals surface area contributed by atoms with E-state index in [1.165, 1.54) is 24.8 Å². The summed E-state index contributed by atoms with van der Waals surface area (Å²) in [5.74, 6) is 1.68. The van der Waals surface area contributed by atoms with Gasteiger partial charge in [-0.05, 0) is 30.2 Å². The van der Waals surface area contributed by atoms with Crippen LogP contribution < -0.4 is 0 Å². The molecule has 0 saturated carbocycles. The molecule has 1 atom stereocenters. The van der Waals surface area contributed by atoms with Crippen LogP contribution in [-0.4, -0.2) is 0 Å². The standard InChI is InChI=1S/C14H22/c1-12(2)13(3)8-7-11-14-9-5-4-6-10-14/h4-6,9-10,12-13H,7-8,11H2,1-3H3. The summed E-state index contributed by atoms with van der Waals surface area (Å²) in [6.45, 7) is 6.98. The van der Waals surface area contributed by atoms with E-state index >= 15 is 0 Å². The lowest BCUT2D eigenvalue weighted by Gasteiger charge is -2.14. The Morgan fingerprint density at radius 3 is 2.21 bits per heavy atom. The SMILES string of the molecule is CC(C)C(C)CCCc1ccccc1. The van der Waals surface area contributed by atoms with E-state index < -0.39 is 0 Å². The zero-order chi connectivity index (χ0) is 10.4. The summed E-state index contributed by atoms with van der Waals surface area (Å²) in [5, 5.41) is 0. The van der Waals surface area contributed by atoms with Crippen molar-refractivity contribution in [2.45, 2.75) is 40.0 Å². The molecule has 0 aliphatic heterocycles. The molecule has 78 valence electrons. The van der Waals surface area contributed by atoms with Crippen molar-refractivity contribution in [3.05, 3.63) is 35.9 Å². The van der Waals surface area contributed by atoms with Crippen molar-refractivity contribution in [3.63, 3.8) is 0 Å². The highest BCUT2D eigenvalue weighted by molar-refractivity contribution is 5.14. The van der Waals surface area contributed by atoms with Crippen LogP contribution in [0.5, 0.6) is 0 Å². The van der Waals surface area contributed by atoms with Crippen LogP contribution in [0.3, 0.4) is 0 Å². The van der Waals surface area contributed by atoms with Crippen molar-refractivity contribution in [1.82, 2.24) is 0 Å². The Morgan fingerprint density at radius 2 is 1.64 bits per heavy atom. The third-order valence-electron chi connectivity index (χ3n) is 3.11. The van der Waals surface area contributed by atoms with E-state index in [9.17, 15) is 0 Å². The monoisotopic (exact) mass is 190 g/mol. The van der Waals surface area contributed by atoms with Gasteiger partial charge in [-0.25, -0.2) is 0 Å². The predicted octanol–water partition coefficient (Wildman–Crippen LogP) is 4.30. The second-order valence-electron chi connectivity index (χ2n) is 4.60. The summed E-state index contributed by atoms with van der Waals surface area (Å²) < 4.78 is 0. The largest absolute Gasteiger partial charge is 0.0625 e. The van der Waals surface area contributed by atoms with Crippen molar-refractivity contribution in [2.24, 2.45) is 11.8 Å². The van der Waals surface area contributed by atoms with Crippen molar-refractivity contribution >= 4 is 0 Å². The summed E-state index contributed by atoms with van der Waals surface area (Å²) in [4.78, 5) is 0. The smallest absolute Gasteiger partial charge is 0.0279 e. The van der Waals surface area contributed by atoms with Crippen LogP contribution in [0.25, 0.3) is 0 Å². The summed E-state index contributed by atoms with van der Waals surface area (Å²) in [5.41, 5.74) is 1.48. The van der Waals surface area contributed by atoms with Gasteiger partial charge >= 0.3 is 0 Å². The van der Waals surface area contributed by atoms with Crippen LogP contribution in [0.1, 0.15) is 39.2 Å². The Bertz CT molecular complexity index is 235. The Hall–Kier alpha value is -0.780. The second-order valence-corrected chi connectivity index (χ2v) is 4.60. The van der Waals surface area contributed by atoms with E-state index in [1.54, 1.807) is 0 Å². The fourth-order valence-corrected chi connectivity index (χ4v) is 1.61. The van der Waals surface area contributed by atoms with Crippen LogP contribution in [0, 0.1) is 11.8 Å². The number of aryl methyl sites for hydroxylation is 1. The molecule has 0 radical (unpaired) electrons. The molecule has 1 rings (SSSR count). The van der Waals surface area contributed by atoms with Gasteiger partial charge in [0.15, 0.2) is 0 Å². The minimum atomic E-state index is 0.825. The third-order valence-corrected chi connectivity index (χ3v) is 3.11. The lowest BCUT2D eigenvalue weighted by atomic mass is 9.92. The molecule has 0 amide bonds. The van der Waals surface area contributed by atoms with Crippen LogP contribution >= 0.6 is 0 Å². The molecular weight excluding hydrogens is 168 g/mol. The third kappa shape index (κ3) is 3.95. The molecule has 0 nitrogen and oxygen atoms in total.